The van der Waals surface area contributed by atoms with E-state index in [2.05, 4.69) is 170 Å². The van der Waals surface area contributed by atoms with E-state index in [9.17, 15) is 0 Å². The largest absolute Gasteiger partial charge is 0.135 e. The quantitative estimate of drug-likeness (QED) is 0.164. The zero-order valence-electron chi connectivity index (χ0n) is 27.0. The van der Waals surface area contributed by atoms with Gasteiger partial charge in [0.2, 0.25) is 0 Å². The van der Waals surface area contributed by atoms with E-state index in [1.54, 1.807) is 0 Å². The lowest BCUT2D eigenvalue weighted by atomic mass is 9.86. The summed E-state index contributed by atoms with van der Waals surface area (Å²) in [5.41, 5.74) is 7.68. The summed E-state index contributed by atoms with van der Waals surface area (Å²) in [6.45, 7) is 0. The Bertz CT molecular complexity index is 3080. The van der Waals surface area contributed by atoms with E-state index in [-0.39, 0.29) is 0 Å². The fourth-order valence-corrected chi connectivity index (χ4v) is 10.7. The van der Waals surface area contributed by atoms with Crippen molar-refractivity contribution >= 4 is 95.3 Å². The lowest BCUT2D eigenvalue weighted by molar-refractivity contribution is 1.66. The summed E-state index contributed by atoms with van der Waals surface area (Å²) in [5, 5.41) is 13.1. The van der Waals surface area contributed by atoms with Gasteiger partial charge in [0.25, 0.3) is 0 Å². The molecule has 11 rings (SSSR count). The predicted molar refractivity (Wildman–Crippen MR) is 221 cm³/mol. The summed E-state index contributed by atoms with van der Waals surface area (Å²) < 4.78 is 5.36. The number of benzene rings is 9. The second-order valence-electron chi connectivity index (χ2n) is 13.2. The monoisotopic (exact) mass is 668 g/mol. The Labute approximate surface area is 297 Å². The van der Waals surface area contributed by atoms with Gasteiger partial charge in [-0.3, -0.25) is 0 Å². The number of rotatable bonds is 3. The van der Waals surface area contributed by atoms with E-state index in [0.29, 0.717) is 0 Å². The van der Waals surface area contributed by atoms with Crippen molar-refractivity contribution in [2.75, 3.05) is 0 Å². The molecule has 0 amide bonds. The van der Waals surface area contributed by atoms with Crippen LogP contribution in [0.5, 0.6) is 0 Å². The molecule has 2 aromatic heterocycles. The molecule has 0 aliphatic carbocycles. The first kappa shape index (κ1) is 28.1. The maximum atomic E-state index is 2.42. The highest BCUT2D eigenvalue weighted by molar-refractivity contribution is 7.26. The highest BCUT2D eigenvalue weighted by Crippen LogP contribution is 2.46. The summed E-state index contributed by atoms with van der Waals surface area (Å²) in [6.07, 6.45) is 0. The number of thiophene rings is 2. The molecule has 0 N–H and O–H groups in total. The highest BCUT2D eigenvalue weighted by Gasteiger charge is 2.18. The molecule has 0 aliphatic rings. The van der Waals surface area contributed by atoms with Crippen molar-refractivity contribution in [2.45, 2.75) is 0 Å². The molecule has 11 aromatic rings. The van der Waals surface area contributed by atoms with Crippen LogP contribution in [0, 0.1) is 0 Å². The summed E-state index contributed by atoms with van der Waals surface area (Å²) in [5.74, 6) is 0. The fraction of sp³-hybridized carbons (Fsp3) is 0. The molecule has 9 aromatic carbocycles. The third-order valence-corrected chi connectivity index (χ3v) is 12.8. The molecule has 0 saturated heterocycles. The third kappa shape index (κ3) is 4.10. The molecule has 0 bridgehead atoms. The molecule has 2 heterocycles. The van der Waals surface area contributed by atoms with Gasteiger partial charge in [-0.2, -0.15) is 0 Å². The van der Waals surface area contributed by atoms with Crippen LogP contribution >= 0.6 is 22.7 Å². The second-order valence-corrected chi connectivity index (χ2v) is 15.3. The molecule has 0 aliphatic heterocycles. The molecule has 50 heavy (non-hydrogen) atoms. The van der Waals surface area contributed by atoms with Crippen molar-refractivity contribution in [3.05, 3.63) is 170 Å². The molecule has 0 radical (unpaired) electrons. The molecular formula is C48H28S2. The average Bonchev–Trinajstić information content (AvgIpc) is 3.75. The Morgan fingerprint density at radius 2 is 0.740 bits per heavy atom. The molecular weight excluding hydrogens is 641 g/mol. The van der Waals surface area contributed by atoms with Gasteiger partial charge in [-0.15, -0.1) is 22.7 Å². The van der Waals surface area contributed by atoms with Crippen molar-refractivity contribution in [1.82, 2.24) is 0 Å². The smallest absolute Gasteiger partial charge is 0.0434 e. The summed E-state index contributed by atoms with van der Waals surface area (Å²) in [6, 6.07) is 63.0. The van der Waals surface area contributed by atoms with Gasteiger partial charge in [-0.05, 0) is 78.5 Å². The van der Waals surface area contributed by atoms with Crippen molar-refractivity contribution < 1.29 is 0 Å². The van der Waals surface area contributed by atoms with Crippen LogP contribution in [0.4, 0.5) is 0 Å². The van der Waals surface area contributed by atoms with E-state index in [4.69, 9.17) is 0 Å². The molecule has 0 unspecified atom stereocenters. The summed E-state index contributed by atoms with van der Waals surface area (Å²) in [7, 11) is 0. The van der Waals surface area contributed by atoms with Crippen LogP contribution in [0.2, 0.25) is 0 Å². The van der Waals surface area contributed by atoms with Crippen molar-refractivity contribution in [3.8, 4) is 33.4 Å². The van der Waals surface area contributed by atoms with Crippen LogP contribution in [0.25, 0.3) is 106 Å². The van der Waals surface area contributed by atoms with Crippen LogP contribution < -0.4 is 0 Å². The first-order valence-corrected chi connectivity index (χ1v) is 18.7. The molecule has 0 spiro atoms. The second kappa shape index (κ2) is 10.9. The maximum absolute atomic E-state index is 2.42. The van der Waals surface area contributed by atoms with E-state index in [1.165, 1.54) is 106 Å². The minimum absolute atomic E-state index is 1.25. The molecule has 232 valence electrons. The van der Waals surface area contributed by atoms with Gasteiger partial charge >= 0.3 is 0 Å². The van der Waals surface area contributed by atoms with E-state index in [0.717, 1.165) is 0 Å². The van der Waals surface area contributed by atoms with Gasteiger partial charge in [0.1, 0.15) is 0 Å². The highest BCUT2D eigenvalue weighted by atomic mass is 32.1. The molecule has 0 atom stereocenters. The van der Waals surface area contributed by atoms with E-state index < -0.39 is 0 Å². The Hall–Kier alpha value is -5.80. The topological polar surface area (TPSA) is 0 Å². The predicted octanol–water partition coefficient (Wildman–Crippen LogP) is 14.9. The van der Waals surface area contributed by atoms with Gasteiger partial charge in [-0.1, -0.05) is 152 Å². The van der Waals surface area contributed by atoms with Crippen molar-refractivity contribution in [1.29, 1.82) is 0 Å². The fourth-order valence-electron chi connectivity index (χ4n) is 8.25. The van der Waals surface area contributed by atoms with E-state index >= 15 is 0 Å². The van der Waals surface area contributed by atoms with Crippen LogP contribution in [0.1, 0.15) is 0 Å². The Morgan fingerprint density at radius 3 is 1.44 bits per heavy atom. The van der Waals surface area contributed by atoms with Crippen LogP contribution in [0.3, 0.4) is 0 Å². The van der Waals surface area contributed by atoms with Crippen LogP contribution in [-0.2, 0) is 0 Å². The summed E-state index contributed by atoms with van der Waals surface area (Å²) >= 11 is 3.81. The van der Waals surface area contributed by atoms with Gasteiger partial charge in [0.05, 0.1) is 0 Å². The van der Waals surface area contributed by atoms with Crippen molar-refractivity contribution in [2.24, 2.45) is 0 Å². The first-order valence-electron chi connectivity index (χ1n) is 17.1. The lowest BCUT2D eigenvalue weighted by Gasteiger charge is -2.17. The molecule has 0 saturated carbocycles. The van der Waals surface area contributed by atoms with Gasteiger partial charge in [-0.25, -0.2) is 0 Å². The molecule has 0 nitrogen and oxygen atoms in total. The lowest BCUT2D eigenvalue weighted by Crippen LogP contribution is -1.90. The Kier molecular flexibility index (Phi) is 6.09. The minimum atomic E-state index is 1.25. The SMILES string of the molecule is c1ccc(-c2c3ccccc3c(-c3ccc4c(c3)sc3cc(-c5cccc6c5ccc5c7ccccc7sc65)ccc34)c3ccccc23)cc1. The third-order valence-electron chi connectivity index (χ3n) is 10.5. The van der Waals surface area contributed by atoms with Crippen LogP contribution in [-0.4, -0.2) is 0 Å². The number of hydrogen-bond donors (Lipinski definition) is 0. The molecule has 2 heteroatoms. The Balaban J connectivity index is 1.09. The maximum Gasteiger partial charge on any atom is 0.0434 e. The minimum Gasteiger partial charge on any atom is -0.135 e. The zero-order valence-corrected chi connectivity index (χ0v) is 28.6. The normalized spacial score (nSPS) is 12.0. The van der Waals surface area contributed by atoms with Crippen LogP contribution in [0.15, 0.2) is 170 Å². The standard InChI is InChI=1S/C48H28S2/c1-2-11-29(12-3-1)46-37-14-4-6-16-39(37)47(40-17-7-5-15-38(40)46)31-22-24-36-35-23-21-30(27-44(35)49-45(36)28-31)32-18-10-19-41-33(32)25-26-42-34-13-8-9-20-43(34)50-48(41)42/h1-28H. The average molecular weight is 669 g/mol. The molecule has 0 fully saturated rings. The zero-order chi connectivity index (χ0) is 32.8. The summed E-state index contributed by atoms with van der Waals surface area (Å²) in [4.78, 5) is 0. The first-order chi connectivity index (χ1) is 24.8. The number of fused-ring (bicyclic) bond motifs is 10. The van der Waals surface area contributed by atoms with Gasteiger partial charge in [0.15, 0.2) is 0 Å². The van der Waals surface area contributed by atoms with Gasteiger partial charge in [0, 0.05) is 45.7 Å². The number of hydrogen-bond acceptors (Lipinski definition) is 2. The van der Waals surface area contributed by atoms with Crippen molar-refractivity contribution in [3.63, 3.8) is 0 Å². The van der Waals surface area contributed by atoms with Gasteiger partial charge < -0.3 is 0 Å². The Morgan fingerprint density at radius 1 is 0.260 bits per heavy atom. The van der Waals surface area contributed by atoms with E-state index in [1.807, 2.05) is 22.7 Å².